The Kier molecular flexibility index (Phi) is 17.3. The van der Waals surface area contributed by atoms with E-state index in [-0.39, 0.29) is 54.2 Å². The molecule has 8 rings (SSSR count). The molecule has 4 aliphatic rings. The molecule has 1 aromatic heterocycles. The van der Waals surface area contributed by atoms with Crippen molar-refractivity contribution in [2.24, 2.45) is 5.11 Å². The van der Waals surface area contributed by atoms with E-state index in [2.05, 4.69) is 83.3 Å². The van der Waals surface area contributed by atoms with E-state index in [0.29, 0.717) is 42.5 Å². The molecule has 19 heteroatoms. The summed E-state index contributed by atoms with van der Waals surface area (Å²) in [7, 11) is 0. The molecule has 390 valence electrons. The quantitative estimate of drug-likeness (QED) is 0.0356. The number of hydrogen-bond acceptors (Lipinski definition) is 14. The number of unbranched alkanes of at least 4 members (excludes halogenated alkanes) is 1. The third-order valence-electron chi connectivity index (χ3n) is 14.6. The van der Waals surface area contributed by atoms with E-state index < -0.39 is 35.6 Å². The molecule has 1 atom stereocenters. The molecule has 6 N–H and O–H groups in total. The van der Waals surface area contributed by atoms with Crippen LogP contribution < -0.4 is 31.7 Å². The largest absolute Gasteiger partial charge is 0.381 e. The van der Waals surface area contributed by atoms with Crippen molar-refractivity contribution in [2.75, 3.05) is 69.2 Å². The minimum Gasteiger partial charge on any atom is -0.381 e. The Morgan fingerprint density at radius 3 is 2.34 bits per heavy atom. The highest BCUT2D eigenvalue weighted by Crippen LogP contribution is 2.35. The second-order valence-corrected chi connectivity index (χ2v) is 19.5. The first-order chi connectivity index (χ1) is 35.7. The van der Waals surface area contributed by atoms with E-state index in [1.54, 1.807) is 0 Å². The predicted octanol–water partition coefficient (Wildman–Crippen LogP) is 5.69. The summed E-state index contributed by atoms with van der Waals surface area (Å²) in [5.74, 6) is -3.26. The molecule has 3 saturated heterocycles. The Balaban J connectivity index is 0.797. The molecule has 0 saturated carbocycles. The van der Waals surface area contributed by atoms with Gasteiger partial charge in [0.15, 0.2) is 0 Å². The fourth-order valence-electron chi connectivity index (χ4n) is 10.5. The highest BCUT2D eigenvalue weighted by molar-refractivity contribution is 6.26. The predicted molar refractivity (Wildman–Crippen MR) is 280 cm³/mol. The van der Waals surface area contributed by atoms with Gasteiger partial charge in [0.2, 0.25) is 17.7 Å². The number of pyridine rings is 1. The maximum atomic E-state index is 14.0. The molecular weight excluding hydrogens is 943 g/mol. The van der Waals surface area contributed by atoms with Gasteiger partial charge in [0.05, 0.1) is 29.1 Å². The van der Waals surface area contributed by atoms with Gasteiger partial charge in [-0.1, -0.05) is 30.3 Å². The van der Waals surface area contributed by atoms with Gasteiger partial charge in [-0.05, 0) is 131 Å². The van der Waals surface area contributed by atoms with Crippen LogP contribution in [0.3, 0.4) is 0 Å². The van der Waals surface area contributed by atoms with Crippen LogP contribution in [0.5, 0.6) is 0 Å². The number of piperidine rings is 1. The van der Waals surface area contributed by atoms with Crippen molar-refractivity contribution in [2.45, 2.75) is 97.8 Å². The van der Waals surface area contributed by atoms with Crippen molar-refractivity contribution < 1.29 is 33.5 Å². The lowest BCUT2D eigenvalue weighted by Gasteiger charge is -2.37. The average molecular weight is 1010 g/mol. The fraction of sp³-hybridized carbons (Fsp3) is 0.436. The Morgan fingerprint density at radius 1 is 0.892 bits per heavy atom. The molecule has 19 nitrogen and oxygen atoms in total. The molecule has 0 bridgehead atoms. The molecule has 3 aromatic carbocycles. The number of anilines is 2. The lowest BCUT2D eigenvalue weighted by molar-refractivity contribution is -0.136. The zero-order chi connectivity index (χ0) is 52.5. The number of aromatic amines is 1. The summed E-state index contributed by atoms with van der Waals surface area (Å²) in [5, 5.41) is 14.5. The van der Waals surface area contributed by atoms with Crippen molar-refractivity contribution >= 4 is 46.8 Å². The summed E-state index contributed by atoms with van der Waals surface area (Å²) in [6, 6.07) is 18.4. The SMILES string of the molecule is CCN(c1cc(-c2ccc(CN3CCN(CCCC/C(=C/NCC(=O)Nc4cccc5c4C(=O)N(C4CCC(=O)NC4=O)C5=O)N=N)CC3)cc2)cc(C(=O)NCc2c(C)cc(C)[nH]c2=O)c1C)C1CCOCC1. The number of H-pyrrole nitrogens is 1. The number of ether oxygens (including phenoxy) is 1. The van der Waals surface area contributed by atoms with Gasteiger partial charge in [-0.15, -0.1) is 0 Å². The van der Waals surface area contributed by atoms with Gasteiger partial charge >= 0.3 is 0 Å². The number of imide groups is 2. The lowest BCUT2D eigenvalue weighted by atomic mass is 9.94. The first-order valence-electron chi connectivity index (χ1n) is 25.7. The molecule has 3 fully saturated rings. The van der Waals surface area contributed by atoms with Crippen LogP contribution in [0.2, 0.25) is 0 Å². The average Bonchev–Trinajstić information content (AvgIpc) is 3.65. The van der Waals surface area contributed by atoms with E-state index in [1.807, 2.05) is 32.9 Å². The summed E-state index contributed by atoms with van der Waals surface area (Å²) in [6.07, 6.45) is 5.67. The third-order valence-corrected chi connectivity index (χ3v) is 14.6. The van der Waals surface area contributed by atoms with Gasteiger partial charge < -0.3 is 35.5 Å². The van der Waals surface area contributed by atoms with Crippen LogP contribution in [0.25, 0.3) is 11.1 Å². The number of nitrogens with one attached hydrogen (secondary N) is 6. The van der Waals surface area contributed by atoms with Crippen LogP contribution in [-0.4, -0.2) is 126 Å². The first-order valence-corrected chi connectivity index (χ1v) is 25.7. The van der Waals surface area contributed by atoms with Crippen LogP contribution in [0.15, 0.2) is 82.5 Å². The minimum absolute atomic E-state index is 0.00118. The highest BCUT2D eigenvalue weighted by atomic mass is 16.5. The highest BCUT2D eigenvalue weighted by Gasteiger charge is 2.45. The third kappa shape index (κ3) is 12.3. The number of aryl methyl sites for hydroxylation is 2. The summed E-state index contributed by atoms with van der Waals surface area (Å²) in [4.78, 5) is 101. The number of aromatic nitrogens is 1. The second-order valence-electron chi connectivity index (χ2n) is 19.5. The number of carbonyl (C=O) groups is 6. The number of rotatable bonds is 20. The van der Waals surface area contributed by atoms with Crippen LogP contribution in [0.4, 0.5) is 11.4 Å². The number of piperazine rings is 1. The van der Waals surface area contributed by atoms with Gasteiger partial charge in [0, 0.05) is 100 Å². The Bertz CT molecular complexity index is 2880. The zero-order valence-electron chi connectivity index (χ0n) is 42.7. The van der Waals surface area contributed by atoms with Gasteiger partial charge in [0.25, 0.3) is 23.3 Å². The lowest BCUT2D eigenvalue weighted by Crippen LogP contribution is -2.54. The van der Waals surface area contributed by atoms with Crippen molar-refractivity contribution in [3.05, 3.63) is 128 Å². The monoisotopic (exact) mass is 1010 g/mol. The van der Waals surface area contributed by atoms with Gasteiger partial charge in [0.1, 0.15) is 6.04 Å². The van der Waals surface area contributed by atoms with E-state index >= 15 is 0 Å². The zero-order valence-corrected chi connectivity index (χ0v) is 42.7. The van der Waals surface area contributed by atoms with E-state index in [4.69, 9.17) is 10.3 Å². The van der Waals surface area contributed by atoms with E-state index in [9.17, 15) is 33.6 Å². The van der Waals surface area contributed by atoms with Crippen molar-refractivity contribution in [1.29, 1.82) is 5.53 Å². The maximum absolute atomic E-state index is 14.0. The normalized spacial score (nSPS) is 17.8. The summed E-state index contributed by atoms with van der Waals surface area (Å²) >= 11 is 0. The van der Waals surface area contributed by atoms with Crippen LogP contribution in [0, 0.1) is 26.3 Å². The fourth-order valence-corrected chi connectivity index (χ4v) is 10.5. The standard InChI is InChI=1S/C55H67N11O8/c1-5-65(41-18-25-74-26-19-41)47-29-39(28-43(36(47)4)51(69)58-31-44-34(2)27-35(3)59-52(44)70)38-14-12-37(13-15-38)33-64-23-21-63(22-24-64)20-7-6-9-40(62-56)30-57-32-49(68)60-45-11-8-10-42-50(45)55(73)66(54(42)72)46-16-17-48(67)61-53(46)71/h8,10-15,27-30,41,46,56-57H,5-7,9,16-26,31-33H2,1-4H3,(H,58,69)(H,59,70)(H,60,68)(H,61,67,71)/b40-30-,62-56?. The number of benzene rings is 3. The molecule has 4 aliphatic heterocycles. The van der Waals surface area contributed by atoms with Crippen molar-refractivity contribution in [1.82, 2.24) is 35.6 Å². The summed E-state index contributed by atoms with van der Waals surface area (Å²) < 4.78 is 5.70. The molecule has 6 amide bonds. The van der Waals surface area contributed by atoms with Gasteiger partial charge in [-0.25, -0.2) is 5.53 Å². The van der Waals surface area contributed by atoms with Gasteiger partial charge in [-0.2, -0.15) is 5.11 Å². The Morgan fingerprint density at radius 2 is 1.64 bits per heavy atom. The maximum Gasteiger partial charge on any atom is 0.264 e. The second kappa shape index (κ2) is 24.1. The number of hydrogen-bond donors (Lipinski definition) is 6. The summed E-state index contributed by atoms with van der Waals surface area (Å²) in [6.45, 7) is 15.5. The molecule has 74 heavy (non-hydrogen) atoms. The molecule has 0 aliphatic carbocycles. The number of nitrogens with zero attached hydrogens (tertiary/aromatic N) is 5. The minimum atomic E-state index is -1.12. The van der Waals surface area contributed by atoms with Crippen LogP contribution in [-0.2, 0) is 32.2 Å². The molecule has 0 spiro atoms. The Labute approximate surface area is 431 Å². The molecule has 5 heterocycles. The smallest absolute Gasteiger partial charge is 0.264 e. The topological polar surface area (TPSA) is 242 Å². The van der Waals surface area contributed by atoms with Crippen LogP contribution in [0.1, 0.15) is 111 Å². The molecule has 0 radical (unpaired) electrons. The molecule has 1 unspecified atom stereocenters. The van der Waals surface area contributed by atoms with E-state index in [0.717, 1.165) is 110 Å². The first kappa shape index (κ1) is 53.0. The van der Waals surface area contributed by atoms with E-state index in [1.165, 1.54) is 30.0 Å². The molecule has 4 aromatic rings. The van der Waals surface area contributed by atoms with Crippen LogP contribution >= 0.6 is 0 Å². The number of allylic oxidation sites excluding steroid dienone is 1. The van der Waals surface area contributed by atoms with Crippen molar-refractivity contribution in [3.63, 3.8) is 0 Å². The number of amides is 6. The summed E-state index contributed by atoms with van der Waals surface area (Å²) in [5.41, 5.74) is 16.0. The number of fused-ring (bicyclic) bond motifs is 1. The number of carbonyl (C=O) groups excluding carboxylic acids is 6. The Hall–Kier alpha value is -7.35. The van der Waals surface area contributed by atoms with Gasteiger partial charge in [-0.3, -0.25) is 48.7 Å². The molecular formula is C55H67N11O8. The van der Waals surface area contributed by atoms with Crippen molar-refractivity contribution in [3.8, 4) is 11.1 Å².